The first-order valence-corrected chi connectivity index (χ1v) is 8.22. The fourth-order valence-electron chi connectivity index (χ4n) is 3.50. The third-order valence-corrected chi connectivity index (χ3v) is 4.53. The molecule has 2 heterocycles. The molecule has 0 radical (unpaired) electrons. The lowest BCUT2D eigenvalue weighted by Crippen LogP contribution is -2.50. The topological polar surface area (TPSA) is 49.9 Å². The molecule has 0 unspecified atom stereocenters. The molecule has 24 heavy (non-hydrogen) atoms. The molecule has 2 atom stereocenters. The van der Waals surface area contributed by atoms with Crippen molar-refractivity contribution in [3.05, 3.63) is 29.6 Å². The van der Waals surface area contributed by atoms with Crippen LogP contribution in [0, 0.1) is 5.82 Å². The quantitative estimate of drug-likeness (QED) is 0.779. The number of carbonyl (C=O) groups excluding carboxylic acids is 2. The number of rotatable bonds is 2. The van der Waals surface area contributed by atoms with Crippen molar-refractivity contribution in [3.8, 4) is 0 Å². The first-order valence-electron chi connectivity index (χ1n) is 8.22. The van der Waals surface area contributed by atoms with Crippen LogP contribution in [-0.2, 0) is 4.74 Å². The maximum Gasteiger partial charge on any atom is 0.410 e. The van der Waals surface area contributed by atoms with Gasteiger partial charge in [-0.3, -0.25) is 4.79 Å². The van der Waals surface area contributed by atoms with Gasteiger partial charge in [-0.25, -0.2) is 9.18 Å². The number of anilines is 1. The number of ketones is 1. The summed E-state index contributed by atoms with van der Waals surface area (Å²) in [6, 6.07) is 4.96. The van der Waals surface area contributed by atoms with E-state index in [1.54, 1.807) is 11.0 Å². The second-order valence-corrected chi connectivity index (χ2v) is 7.55. The minimum absolute atomic E-state index is 0.0837. The van der Waals surface area contributed by atoms with Gasteiger partial charge in [-0.05, 0) is 52.3 Å². The number of hydrogen-bond donors (Lipinski definition) is 0. The van der Waals surface area contributed by atoms with Crippen molar-refractivity contribution in [2.45, 2.75) is 51.8 Å². The Kier molecular flexibility index (Phi) is 4.01. The van der Waals surface area contributed by atoms with Gasteiger partial charge in [-0.2, -0.15) is 0 Å². The van der Waals surface area contributed by atoms with E-state index in [4.69, 9.17) is 4.74 Å². The number of halogens is 1. The molecule has 0 N–H and O–H groups in total. The van der Waals surface area contributed by atoms with Gasteiger partial charge in [0.2, 0.25) is 0 Å². The van der Waals surface area contributed by atoms with Crippen LogP contribution in [-0.4, -0.2) is 47.6 Å². The zero-order valence-corrected chi connectivity index (χ0v) is 14.5. The van der Waals surface area contributed by atoms with E-state index in [1.165, 1.54) is 19.1 Å². The number of hydrogen-bond acceptors (Lipinski definition) is 4. The molecule has 0 aliphatic carbocycles. The Morgan fingerprint density at radius 1 is 1.21 bits per heavy atom. The molecule has 1 aromatic rings. The molecule has 0 saturated carbocycles. The molecule has 1 amide bonds. The van der Waals surface area contributed by atoms with Crippen LogP contribution in [0.1, 0.15) is 44.5 Å². The summed E-state index contributed by atoms with van der Waals surface area (Å²) >= 11 is 0. The van der Waals surface area contributed by atoms with E-state index in [0.29, 0.717) is 13.1 Å². The number of piperazine rings is 1. The van der Waals surface area contributed by atoms with E-state index in [1.807, 2.05) is 20.8 Å². The zero-order chi connectivity index (χ0) is 17.6. The zero-order valence-electron chi connectivity index (χ0n) is 14.5. The summed E-state index contributed by atoms with van der Waals surface area (Å²) in [5, 5.41) is 0. The van der Waals surface area contributed by atoms with Gasteiger partial charge in [0.25, 0.3) is 0 Å². The van der Waals surface area contributed by atoms with Crippen LogP contribution in [0.5, 0.6) is 0 Å². The maximum absolute atomic E-state index is 14.1. The lowest BCUT2D eigenvalue weighted by Gasteiger charge is -2.36. The molecule has 1 aromatic carbocycles. The number of fused-ring (bicyclic) bond motifs is 2. The SMILES string of the molecule is CC(=O)c1ccc(N2C[C@H]3C[C@@H]2CN3C(=O)OC(C)(C)C)cc1F. The van der Waals surface area contributed by atoms with Crippen LogP contribution < -0.4 is 4.90 Å². The number of nitrogens with zero attached hydrogens (tertiary/aromatic N) is 2. The Morgan fingerprint density at radius 3 is 2.42 bits per heavy atom. The molecule has 2 aliphatic rings. The van der Waals surface area contributed by atoms with E-state index in [9.17, 15) is 14.0 Å². The van der Waals surface area contributed by atoms with Gasteiger partial charge < -0.3 is 14.5 Å². The smallest absolute Gasteiger partial charge is 0.410 e. The number of likely N-dealkylation sites (tertiary alicyclic amines) is 1. The van der Waals surface area contributed by atoms with Gasteiger partial charge >= 0.3 is 6.09 Å². The highest BCUT2D eigenvalue weighted by Gasteiger charge is 2.46. The van der Waals surface area contributed by atoms with Crippen LogP contribution >= 0.6 is 0 Å². The van der Waals surface area contributed by atoms with Crippen molar-refractivity contribution in [1.29, 1.82) is 0 Å². The van der Waals surface area contributed by atoms with E-state index in [2.05, 4.69) is 4.90 Å². The standard InChI is InChI=1S/C18H23FN2O3/c1-11(22)15-6-5-12(8-16(15)19)20-9-14-7-13(20)10-21(14)17(23)24-18(2,3)4/h5-6,8,13-14H,7,9-10H2,1-4H3/t13-,14-/m1/s1. The minimum Gasteiger partial charge on any atom is -0.444 e. The Morgan fingerprint density at radius 2 is 1.92 bits per heavy atom. The van der Waals surface area contributed by atoms with Crippen molar-refractivity contribution < 1.29 is 18.7 Å². The molecule has 0 aromatic heterocycles. The predicted molar refractivity (Wildman–Crippen MR) is 88.9 cm³/mol. The fourth-order valence-corrected chi connectivity index (χ4v) is 3.50. The average Bonchev–Trinajstić information content (AvgIpc) is 3.04. The lowest BCUT2D eigenvalue weighted by molar-refractivity contribution is 0.0214. The van der Waals surface area contributed by atoms with E-state index in [-0.39, 0.29) is 29.5 Å². The minimum atomic E-state index is -0.510. The Balaban J connectivity index is 1.71. The molecule has 5 nitrogen and oxygen atoms in total. The largest absolute Gasteiger partial charge is 0.444 e. The van der Waals surface area contributed by atoms with Crippen LogP contribution in [0.15, 0.2) is 18.2 Å². The number of Topliss-reactive ketones (excluding diaryl/α,β-unsaturated/α-hetero) is 1. The molecule has 2 saturated heterocycles. The molecular formula is C18H23FN2O3. The van der Waals surface area contributed by atoms with Gasteiger partial charge in [-0.15, -0.1) is 0 Å². The number of carbonyl (C=O) groups is 2. The lowest BCUT2D eigenvalue weighted by atomic mass is 10.1. The van der Waals surface area contributed by atoms with Gasteiger partial charge in [0, 0.05) is 24.8 Å². The van der Waals surface area contributed by atoms with Gasteiger partial charge in [0.1, 0.15) is 11.4 Å². The number of amides is 1. The Bertz CT molecular complexity index is 683. The first kappa shape index (κ1) is 16.7. The molecule has 6 heteroatoms. The molecule has 3 rings (SSSR count). The monoisotopic (exact) mass is 334 g/mol. The van der Waals surface area contributed by atoms with Gasteiger partial charge in [-0.1, -0.05) is 0 Å². The molecule has 2 bridgehead atoms. The van der Waals surface area contributed by atoms with Crippen LogP contribution in [0.3, 0.4) is 0 Å². The molecule has 130 valence electrons. The van der Waals surface area contributed by atoms with E-state index < -0.39 is 11.4 Å². The fraction of sp³-hybridized carbons (Fsp3) is 0.556. The van der Waals surface area contributed by atoms with Gasteiger partial charge in [0.15, 0.2) is 5.78 Å². The normalized spacial score (nSPS) is 22.9. The van der Waals surface area contributed by atoms with Crippen molar-refractivity contribution in [2.24, 2.45) is 0 Å². The molecule has 2 fully saturated rings. The van der Waals surface area contributed by atoms with E-state index >= 15 is 0 Å². The average molecular weight is 334 g/mol. The third kappa shape index (κ3) is 3.09. The molecular weight excluding hydrogens is 311 g/mol. The van der Waals surface area contributed by atoms with Crippen LogP contribution in [0.4, 0.5) is 14.9 Å². The summed E-state index contributed by atoms with van der Waals surface area (Å²) in [5.74, 6) is -0.773. The van der Waals surface area contributed by atoms with Gasteiger partial charge in [0.05, 0.1) is 11.6 Å². The summed E-state index contributed by atoms with van der Waals surface area (Å²) in [6.45, 7) is 8.15. The van der Waals surface area contributed by atoms with Crippen LogP contribution in [0.25, 0.3) is 0 Å². The Hall–Kier alpha value is -2.11. The predicted octanol–water partition coefficient (Wildman–Crippen LogP) is 3.23. The van der Waals surface area contributed by atoms with E-state index in [0.717, 1.165) is 12.1 Å². The second kappa shape index (κ2) is 5.76. The third-order valence-electron chi connectivity index (χ3n) is 4.53. The van der Waals surface area contributed by atoms with Crippen LogP contribution in [0.2, 0.25) is 0 Å². The van der Waals surface area contributed by atoms with Crippen molar-refractivity contribution in [2.75, 3.05) is 18.0 Å². The summed E-state index contributed by atoms with van der Waals surface area (Å²) in [5.41, 5.74) is 0.358. The maximum atomic E-state index is 14.1. The van der Waals surface area contributed by atoms with Crippen molar-refractivity contribution >= 4 is 17.6 Å². The summed E-state index contributed by atoms with van der Waals surface area (Å²) < 4.78 is 19.5. The van der Waals surface area contributed by atoms with Crippen molar-refractivity contribution in [3.63, 3.8) is 0 Å². The summed E-state index contributed by atoms with van der Waals surface area (Å²) in [7, 11) is 0. The molecule has 2 aliphatic heterocycles. The Labute approximate surface area is 141 Å². The highest BCUT2D eigenvalue weighted by atomic mass is 19.1. The number of ether oxygens (including phenoxy) is 1. The first-order chi connectivity index (χ1) is 11.2. The highest BCUT2D eigenvalue weighted by molar-refractivity contribution is 5.94. The summed E-state index contributed by atoms with van der Waals surface area (Å²) in [6.07, 6.45) is 0.572. The number of benzene rings is 1. The molecule has 0 spiro atoms. The van der Waals surface area contributed by atoms with Crippen molar-refractivity contribution in [1.82, 2.24) is 4.90 Å². The highest BCUT2D eigenvalue weighted by Crippen LogP contribution is 2.35. The second-order valence-electron chi connectivity index (χ2n) is 7.55. The summed E-state index contributed by atoms with van der Waals surface area (Å²) in [4.78, 5) is 27.5.